The number of amides is 1. The number of Topliss-reactive ketones (excluding diaryl/α,β-unsaturated/α-hetero) is 1. The molecule has 1 fully saturated rings. The molecule has 0 bridgehead atoms. The van der Waals surface area contributed by atoms with Gasteiger partial charge in [0.2, 0.25) is 0 Å². The number of halogens is 4. The minimum atomic E-state index is -5.34. The number of fused-ring (bicyclic) bond motifs is 1. The van der Waals surface area contributed by atoms with Gasteiger partial charge in [-0.25, -0.2) is 9.18 Å². The van der Waals surface area contributed by atoms with Crippen molar-refractivity contribution in [2.75, 3.05) is 45.9 Å². The maximum atomic E-state index is 15.7. The van der Waals surface area contributed by atoms with Crippen LogP contribution in [0.5, 0.6) is 17.2 Å². The molecule has 2 aliphatic heterocycles. The summed E-state index contributed by atoms with van der Waals surface area (Å²) in [5, 5.41) is 9.45. The standard InChI is InChI=1S/C33H39F4N3O8/c1-8-23(30(42)43)48-19-9-10-39(15-19)21-12-17(11-20(27(21)46-6)32(2,3)4)22(41)16-40-14-18-13-24(45-5)28(47-7)26(34)25(18)29(40)38-31(44)33(35,36)37/h11-13,19,23H,8-10,14-16H2,1-7H3,(H,42,43). The molecule has 2 heterocycles. The van der Waals surface area contributed by atoms with Gasteiger partial charge < -0.3 is 33.9 Å². The molecule has 0 radical (unpaired) electrons. The van der Waals surface area contributed by atoms with Crippen molar-refractivity contribution in [1.29, 1.82) is 0 Å². The zero-order chi connectivity index (χ0) is 35.7. The molecule has 0 saturated carbocycles. The van der Waals surface area contributed by atoms with Gasteiger partial charge >= 0.3 is 18.1 Å². The van der Waals surface area contributed by atoms with Crippen LogP contribution in [0.15, 0.2) is 23.2 Å². The molecule has 15 heteroatoms. The Hall–Kier alpha value is -4.40. The fourth-order valence-electron chi connectivity index (χ4n) is 5.89. The quantitative estimate of drug-likeness (QED) is 0.252. The highest BCUT2D eigenvalue weighted by atomic mass is 19.4. The van der Waals surface area contributed by atoms with E-state index in [-0.39, 0.29) is 29.8 Å². The Kier molecular flexibility index (Phi) is 10.6. The number of hydrogen-bond acceptors (Lipinski definition) is 8. The molecule has 0 aromatic heterocycles. The second kappa shape index (κ2) is 14.0. The average Bonchev–Trinajstić information content (AvgIpc) is 3.62. The molecule has 2 aromatic rings. The van der Waals surface area contributed by atoms with E-state index in [0.717, 1.165) is 12.0 Å². The van der Waals surface area contributed by atoms with Crippen molar-refractivity contribution >= 4 is 29.2 Å². The summed E-state index contributed by atoms with van der Waals surface area (Å²) >= 11 is 0. The van der Waals surface area contributed by atoms with Crippen LogP contribution in [-0.4, -0.2) is 92.8 Å². The number of carboxylic acids is 1. The van der Waals surface area contributed by atoms with Crippen molar-refractivity contribution in [3.8, 4) is 17.2 Å². The molecule has 2 aromatic carbocycles. The van der Waals surface area contributed by atoms with Crippen LogP contribution >= 0.6 is 0 Å². The Bertz CT molecular complexity index is 1620. The molecule has 2 unspecified atom stereocenters. The summed E-state index contributed by atoms with van der Waals surface area (Å²) in [5.74, 6) is -5.74. The highest BCUT2D eigenvalue weighted by Gasteiger charge is 2.42. The molecule has 2 aliphatic rings. The van der Waals surface area contributed by atoms with Gasteiger partial charge in [0.05, 0.1) is 45.2 Å². The molecule has 0 spiro atoms. The SMILES string of the molecule is CCC(OC1CCN(c2cc(C(=O)CN3Cc4cc(OC)c(OC)c(F)c4C3=NC(=O)C(F)(F)F)cc(C(C)(C)C)c2OC)C1)C(=O)O. The van der Waals surface area contributed by atoms with Crippen molar-refractivity contribution in [1.82, 2.24) is 4.90 Å². The Morgan fingerprint density at radius 1 is 1.04 bits per heavy atom. The number of anilines is 1. The summed E-state index contributed by atoms with van der Waals surface area (Å²) in [6, 6.07) is 4.60. The predicted molar refractivity (Wildman–Crippen MR) is 167 cm³/mol. The number of carbonyl (C=O) groups is 3. The van der Waals surface area contributed by atoms with Crippen molar-refractivity contribution in [3.05, 3.63) is 46.3 Å². The highest BCUT2D eigenvalue weighted by molar-refractivity contribution is 6.11. The third-order valence-corrected chi connectivity index (χ3v) is 8.25. The van der Waals surface area contributed by atoms with Crippen LogP contribution in [0.4, 0.5) is 23.2 Å². The van der Waals surface area contributed by atoms with E-state index in [2.05, 4.69) is 4.99 Å². The number of benzene rings is 2. The highest BCUT2D eigenvalue weighted by Crippen LogP contribution is 2.43. The summed E-state index contributed by atoms with van der Waals surface area (Å²) in [6.07, 6.45) is -5.90. The van der Waals surface area contributed by atoms with Crippen LogP contribution in [-0.2, 0) is 26.3 Å². The number of rotatable bonds is 11. The number of carbonyl (C=O) groups excluding carboxylic acids is 2. The third kappa shape index (κ3) is 7.35. The third-order valence-electron chi connectivity index (χ3n) is 8.25. The molecule has 4 rings (SSSR count). The number of ether oxygens (including phenoxy) is 4. The van der Waals surface area contributed by atoms with E-state index in [0.29, 0.717) is 36.5 Å². The largest absolute Gasteiger partial charge is 0.494 e. The van der Waals surface area contributed by atoms with E-state index in [4.69, 9.17) is 18.9 Å². The predicted octanol–water partition coefficient (Wildman–Crippen LogP) is 5.14. The van der Waals surface area contributed by atoms with Gasteiger partial charge in [-0.15, -0.1) is 0 Å². The number of ketones is 1. The van der Waals surface area contributed by atoms with Gasteiger partial charge in [-0.1, -0.05) is 27.7 Å². The minimum Gasteiger partial charge on any atom is -0.494 e. The Balaban J connectivity index is 1.75. The van der Waals surface area contributed by atoms with Crippen LogP contribution in [0.1, 0.15) is 67.6 Å². The van der Waals surface area contributed by atoms with Gasteiger partial charge in [-0.2, -0.15) is 18.2 Å². The number of nitrogens with zero attached hydrogens (tertiary/aromatic N) is 3. The van der Waals surface area contributed by atoms with Gasteiger partial charge in [0.15, 0.2) is 29.2 Å². The van der Waals surface area contributed by atoms with E-state index in [1.165, 1.54) is 20.3 Å². The fraction of sp³-hybridized carbons (Fsp3) is 0.515. The number of methoxy groups -OCH3 is 3. The lowest BCUT2D eigenvalue weighted by Gasteiger charge is -2.29. The summed E-state index contributed by atoms with van der Waals surface area (Å²) in [5.41, 5.74) is 0.609. The van der Waals surface area contributed by atoms with Crippen LogP contribution < -0.4 is 19.1 Å². The summed E-state index contributed by atoms with van der Waals surface area (Å²) < 4.78 is 77.6. The van der Waals surface area contributed by atoms with Crippen molar-refractivity contribution < 1.29 is 56.0 Å². The molecule has 2 atom stereocenters. The number of carboxylic acid groups (broad SMARTS) is 1. The molecule has 11 nitrogen and oxygen atoms in total. The first kappa shape index (κ1) is 36.4. The van der Waals surface area contributed by atoms with Gasteiger partial charge in [-0.05, 0) is 42.0 Å². The number of aliphatic carboxylic acids is 1. The topological polar surface area (TPSA) is 127 Å². The molecule has 1 saturated heterocycles. The molecule has 0 aliphatic carbocycles. The number of aliphatic imine (C=N–C) groups is 1. The Labute approximate surface area is 275 Å². The monoisotopic (exact) mass is 681 g/mol. The van der Waals surface area contributed by atoms with E-state index >= 15 is 4.39 Å². The average molecular weight is 682 g/mol. The lowest BCUT2D eigenvalue weighted by atomic mass is 9.84. The molecule has 48 heavy (non-hydrogen) atoms. The Morgan fingerprint density at radius 2 is 1.71 bits per heavy atom. The maximum absolute atomic E-state index is 15.7. The van der Waals surface area contributed by atoms with Crippen LogP contribution in [0.3, 0.4) is 0 Å². The van der Waals surface area contributed by atoms with Gasteiger partial charge in [0.1, 0.15) is 11.6 Å². The lowest BCUT2D eigenvalue weighted by molar-refractivity contribution is -0.169. The van der Waals surface area contributed by atoms with E-state index in [1.807, 2.05) is 25.7 Å². The summed E-state index contributed by atoms with van der Waals surface area (Å²) in [7, 11) is 3.91. The van der Waals surface area contributed by atoms with Crippen molar-refractivity contribution in [3.63, 3.8) is 0 Å². The first-order valence-corrected chi connectivity index (χ1v) is 15.2. The second-order valence-electron chi connectivity index (χ2n) is 12.5. The summed E-state index contributed by atoms with van der Waals surface area (Å²) in [4.78, 5) is 43.8. The number of alkyl halides is 3. The first-order chi connectivity index (χ1) is 22.4. The second-order valence-corrected chi connectivity index (χ2v) is 12.5. The zero-order valence-corrected chi connectivity index (χ0v) is 27.8. The van der Waals surface area contributed by atoms with Crippen molar-refractivity contribution in [2.45, 2.75) is 70.9 Å². The van der Waals surface area contributed by atoms with Gasteiger partial charge in [0, 0.05) is 30.8 Å². The first-order valence-electron chi connectivity index (χ1n) is 15.2. The van der Waals surface area contributed by atoms with E-state index in [1.54, 1.807) is 19.1 Å². The molecule has 262 valence electrons. The summed E-state index contributed by atoms with van der Waals surface area (Å²) in [6.45, 7) is 7.48. The van der Waals surface area contributed by atoms with Crippen LogP contribution in [0.25, 0.3) is 0 Å². The van der Waals surface area contributed by atoms with Gasteiger partial charge in [-0.3, -0.25) is 9.59 Å². The van der Waals surface area contributed by atoms with Gasteiger partial charge in [0.25, 0.3) is 0 Å². The normalized spacial score (nSPS) is 17.8. The Morgan fingerprint density at radius 3 is 2.25 bits per heavy atom. The van der Waals surface area contributed by atoms with Crippen molar-refractivity contribution in [2.24, 2.45) is 4.99 Å². The zero-order valence-electron chi connectivity index (χ0n) is 27.8. The van der Waals surface area contributed by atoms with E-state index < -0.39 is 71.0 Å². The van der Waals surface area contributed by atoms with Crippen LogP contribution in [0, 0.1) is 5.82 Å². The molecule has 1 N–H and O–H groups in total. The molecular formula is C33H39F4N3O8. The number of hydrogen-bond donors (Lipinski definition) is 1. The molecule has 1 amide bonds. The van der Waals surface area contributed by atoms with Crippen LogP contribution in [0.2, 0.25) is 0 Å². The minimum absolute atomic E-state index is 0.0282. The maximum Gasteiger partial charge on any atom is 0.473 e. The lowest BCUT2D eigenvalue weighted by Crippen LogP contribution is -2.34. The molecular weight excluding hydrogens is 642 g/mol. The fourth-order valence-corrected chi connectivity index (χ4v) is 5.89. The smallest absolute Gasteiger partial charge is 0.473 e. The van der Waals surface area contributed by atoms with E-state index in [9.17, 15) is 32.7 Å². The number of amidine groups is 1.